The van der Waals surface area contributed by atoms with Crippen molar-refractivity contribution in [3.05, 3.63) is 40.8 Å². The molecule has 0 amide bonds. The molecule has 0 aliphatic carbocycles. The SMILES string of the molecule is Fc1ccccc1-c1nc2c([nH]1)=CNCC=2. The van der Waals surface area contributed by atoms with Gasteiger partial charge in [-0.25, -0.2) is 9.37 Å². The molecule has 0 unspecified atom stereocenters. The van der Waals surface area contributed by atoms with Crippen LogP contribution in [0.15, 0.2) is 24.3 Å². The Morgan fingerprint density at radius 1 is 1.25 bits per heavy atom. The molecule has 4 heteroatoms. The highest BCUT2D eigenvalue weighted by Crippen LogP contribution is 2.16. The lowest BCUT2D eigenvalue weighted by Gasteiger charge is -1.96. The predicted octanol–water partition coefficient (Wildman–Crippen LogP) is 0.338. The van der Waals surface area contributed by atoms with Gasteiger partial charge in [0.25, 0.3) is 0 Å². The Morgan fingerprint density at radius 3 is 2.94 bits per heavy atom. The van der Waals surface area contributed by atoms with Crippen LogP contribution in [0.25, 0.3) is 23.7 Å². The Hall–Kier alpha value is -2.10. The summed E-state index contributed by atoms with van der Waals surface area (Å²) in [7, 11) is 0. The molecule has 1 aliphatic heterocycles. The Labute approximate surface area is 91.3 Å². The molecule has 0 bridgehead atoms. The molecule has 0 radical (unpaired) electrons. The summed E-state index contributed by atoms with van der Waals surface area (Å²) >= 11 is 0. The van der Waals surface area contributed by atoms with Crippen LogP contribution < -0.4 is 16.0 Å². The van der Waals surface area contributed by atoms with Crippen LogP contribution in [0, 0.1) is 5.82 Å². The van der Waals surface area contributed by atoms with Crippen molar-refractivity contribution in [2.24, 2.45) is 0 Å². The Morgan fingerprint density at radius 2 is 2.12 bits per heavy atom. The van der Waals surface area contributed by atoms with Crippen LogP contribution in [-0.2, 0) is 0 Å². The molecule has 0 fully saturated rings. The van der Waals surface area contributed by atoms with E-state index in [0.717, 1.165) is 17.2 Å². The summed E-state index contributed by atoms with van der Waals surface area (Å²) in [5.41, 5.74) is 0.499. The van der Waals surface area contributed by atoms with Gasteiger partial charge >= 0.3 is 0 Å². The van der Waals surface area contributed by atoms with Gasteiger partial charge in [-0.3, -0.25) is 0 Å². The van der Waals surface area contributed by atoms with Crippen molar-refractivity contribution < 1.29 is 4.39 Å². The predicted molar refractivity (Wildman–Crippen MR) is 60.2 cm³/mol. The van der Waals surface area contributed by atoms with Crippen molar-refractivity contribution >= 4 is 12.3 Å². The van der Waals surface area contributed by atoms with E-state index in [1.807, 2.05) is 12.3 Å². The van der Waals surface area contributed by atoms with E-state index in [4.69, 9.17) is 0 Å². The van der Waals surface area contributed by atoms with E-state index in [1.54, 1.807) is 18.2 Å². The fourth-order valence-electron chi connectivity index (χ4n) is 1.76. The number of rotatable bonds is 1. The van der Waals surface area contributed by atoms with Gasteiger partial charge in [-0.15, -0.1) is 0 Å². The molecule has 0 spiro atoms. The quantitative estimate of drug-likeness (QED) is 0.720. The number of hydrogen-bond donors (Lipinski definition) is 2. The first kappa shape index (κ1) is 9.15. The van der Waals surface area contributed by atoms with Crippen molar-refractivity contribution in [1.82, 2.24) is 15.3 Å². The molecule has 3 rings (SSSR count). The fraction of sp³-hybridized carbons (Fsp3) is 0.0833. The molecule has 2 aromatic rings. The third kappa shape index (κ3) is 1.39. The van der Waals surface area contributed by atoms with Crippen molar-refractivity contribution in [3.63, 3.8) is 0 Å². The number of aromatic nitrogens is 2. The van der Waals surface area contributed by atoms with Gasteiger partial charge in [-0.2, -0.15) is 0 Å². The summed E-state index contributed by atoms with van der Waals surface area (Å²) in [5, 5.41) is 4.84. The first-order valence-electron chi connectivity index (χ1n) is 5.09. The topological polar surface area (TPSA) is 40.7 Å². The monoisotopic (exact) mass is 215 g/mol. The number of hydrogen-bond acceptors (Lipinski definition) is 2. The van der Waals surface area contributed by atoms with Gasteiger partial charge in [0.05, 0.1) is 16.3 Å². The summed E-state index contributed by atoms with van der Waals surface area (Å²) in [5.74, 6) is 0.306. The third-order valence-electron chi connectivity index (χ3n) is 2.55. The first-order chi connectivity index (χ1) is 7.84. The molecule has 1 aromatic carbocycles. The van der Waals surface area contributed by atoms with Gasteiger partial charge < -0.3 is 10.3 Å². The van der Waals surface area contributed by atoms with Gasteiger partial charge in [-0.1, -0.05) is 12.1 Å². The first-order valence-corrected chi connectivity index (χ1v) is 5.09. The zero-order valence-electron chi connectivity index (χ0n) is 8.50. The highest BCUT2D eigenvalue weighted by Gasteiger charge is 2.08. The van der Waals surface area contributed by atoms with Crippen molar-refractivity contribution in [1.29, 1.82) is 0 Å². The number of imidazole rings is 1. The lowest BCUT2D eigenvalue weighted by Crippen LogP contribution is -2.32. The number of nitrogens with one attached hydrogen (secondary N) is 2. The minimum Gasteiger partial charge on any atom is -0.386 e. The second-order valence-electron chi connectivity index (χ2n) is 3.62. The standard InChI is InChI=1S/C12H10FN3/c13-9-4-2-1-3-8(9)12-15-10-5-6-14-7-11(10)16-12/h1-5,7,14H,6H2,(H,15,16). The molecule has 1 aliphatic rings. The Bertz CT molecular complexity index is 609. The van der Waals surface area contributed by atoms with Crippen LogP contribution in [0.5, 0.6) is 0 Å². The average Bonchev–Trinajstić information content (AvgIpc) is 2.73. The maximum Gasteiger partial charge on any atom is 0.141 e. The molecular weight excluding hydrogens is 205 g/mol. The Kier molecular flexibility index (Phi) is 1.99. The number of aromatic amines is 1. The second kappa shape index (κ2) is 3.48. The van der Waals surface area contributed by atoms with E-state index in [2.05, 4.69) is 15.3 Å². The van der Waals surface area contributed by atoms with Crippen molar-refractivity contribution in [3.8, 4) is 11.4 Å². The van der Waals surface area contributed by atoms with Gasteiger partial charge in [0.2, 0.25) is 0 Å². The van der Waals surface area contributed by atoms with Crippen LogP contribution in [0.3, 0.4) is 0 Å². The molecule has 0 atom stereocenters. The normalized spacial score (nSPS) is 13.3. The zero-order valence-corrected chi connectivity index (χ0v) is 8.50. The molecule has 2 heterocycles. The van der Waals surface area contributed by atoms with E-state index in [0.29, 0.717) is 11.4 Å². The number of fused-ring (bicyclic) bond motifs is 1. The molecule has 16 heavy (non-hydrogen) atoms. The van der Waals surface area contributed by atoms with Crippen LogP contribution >= 0.6 is 0 Å². The van der Waals surface area contributed by atoms with E-state index < -0.39 is 0 Å². The molecule has 0 saturated heterocycles. The summed E-state index contributed by atoms with van der Waals surface area (Å²) in [4.78, 5) is 7.45. The smallest absolute Gasteiger partial charge is 0.141 e. The van der Waals surface area contributed by atoms with Gasteiger partial charge in [0.1, 0.15) is 11.6 Å². The van der Waals surface area contributed by atoms with Crippen LogP contribution in [0.1, 0.15) is 0 Å². The van der Waals surface area contributed by atoms with Gasteiger partial charge in [0.15, 0.2) is 0 Å². The number of halogens is 1. The molecule has 1 aromatic heterocycles. The van der Waals surface area contributed by atoms with E-state index >= 15 is 0 Å². The largest absolute Gasteiger partial charge is 0.386 e. The molecular formula is C12H10FN3. The van der Waals surface area contributed by atoms with Gasteiger partial charge in [-0.05, 0) is 18.2 Å². The molecule has 2 N–H and O–H groups in total. The maximum absolute atomic E-state index is 13.5. The highest BCUT2D eigenvalue weighted by molar-refractivity contribution is 5.56. The van der Waals surface area contributed by atoms with Crippen molar-refractivity contribution in [2.45, 2.75) is 0 Å². The second-order valence-corrected chi connectivity index (χ2v) is 3.62. The van der Waals surface area contributed by atoms with Crippen LogP contribution in [-0.4, -0.2) is 16.5 Å². The number of nitrogens with zero attached hydrogens (tertiary/aromatic N) is 1. The third-order valence-corrected chi connectivity index (χ3v) is 2.55. The maximum atomic E-state index is 13.5. The fourth-order valence-corrected chi connectivity index (χ4v) is 1.76. The average molecular weight is 215 g/mol. The minimum absolute atomic E-state index is 0.262. The van der Waals surface area contributed by atoms with Crippen LogP contribution in [0.4, 0.5) is 4.39 Å². The van der Waals surface area contributed by atoms with Crippen molar-refractivity contribution in [2.75, 3.05) is 6.54 Å². The zero-order chi connectivity index (χ0) is 11.0. The Balaban J connectivity index is 2.23. The summed E-state index contributed by atoms with van der Waals surface area (Å²) in [6, 6.07) is 6.61. The number of H-pyrrole nitrogens is 1. The molecule has 3 nitrogen and oxygen atoms in total. The summed E-state index contributed by atoms with van der Waals surface area (Å²) in [6.45, 7) is 0.758. The lowest BCUT2D eigenvalue weighted by molar-refractivity contribution is 0.630. The lowest BCUT2D eigenvalue weighted by atomic mass is 10.2. The molecule has 0 saturated carbocycles. The highest BCUT2D eigenvalue weighted by atomic mass is 19.1. The minimum atomic E-state index is -0.262. The van der Waals surface area contributed by atoms with E-state index in [9.17, 15) is 4.39 Å². The van der Waals surface area contributed by atoms with Crippen LogP contribution in [0.2, 0.25) is 0 Å². The van der Waals surface area contributed by atoms with Gasteiger partial charge in [0, 0.05) is 12.7 Å². The van der Waals surface area contributed by atoms with E-state index in [-0.39, 0.29) is 5.82 Å². The summed E-state index contributed by atoms with van der Waals surface area (Å²) < 4.78 is 13.5. The van der Waals surface area contributed by atoms with E-state index in [1.165, 1.54) is 6.07 Å². The summed E-state index contributed by atoms with van der Waals surface area (Å²) in [6.07, 6.45) is 3.82. The molecule has 80 valence electrons. The number of benzene rings is 1.